The highest BCUT2D eigenvalue weighted by atomic mass is 35.5. The van der Waals surface area contributed by atoms with Crippen molar-refractivity contribution in [2.75, 3.05) is 45.9 Å². The number of nitrogens with zero attached hydrogens (tertiary/aromatic N) is 1. The van der Waals surface area contributed by atoms with Gasteiger partial charge in [0.15, 0.2) is 6.29 Å². The molecule has 4 nitrogen and oxygen atoms in total. The normalized spacial score (nSPS) is 23.2. The van der Waals surface area contributed by atoms with Crippen molar-refractivity contribution in [1.29, 1.82) is 0 Å². The van der Waals surface area contributed by atoms with E-state index in [-0.39, 0.29) is 18.1 Å². The van der Waals surface area contributed by atoms with E-state index in [2.05, 4.69) is 17.0 Å². The summed E-state index contributed by atoms with van der Waals surface area (Å²) in [6.45, 7) is 6.84. The molecule has 5 rings (SSSR count). The first-order chi connectivity index (χ1) is 14.7. The molecule has 2 fully saturated rings. The van der Waals surface area contributed by atoms with Gasteiger partial charge in [0, 0.05) is 40.4 Å². The topological polar surface area (TPSA) is 26.1 Å². The van der Waals surface area contributed by atoms with Crippen LogP contribution >= 0.6 is 23.4 Å². The highest BCUT2D eigenvalue weighted by Crippen LogP contribution is 2.43. The standard InChI is InChI=1S/C23H26ClFN2O2S/c24-17-2-4-21-19(14-17)20(13-16-1-3-18(25)15-22(16)30-21)27-9-7-26(8-10-27)6-5-23-28-11-12-29-23/h1-4,14-15,20,23H,5-13H2/p+1. The third kappa shape index (κ3) is 4.54. The van der Waals surface area contributed by atoms with Gasteiger partial charge in [0.2, 0.25) is 0 Å². The summed E-state index contributed by atoms with van der Waals surface area (Å²) in [6, 6.07) is 11.6. The summed E-state index contributed by atoms with van der Waals surface area (Å²) in [6.07, 6.45) is 1.84. The van der Waals surface area contributed by atoms with Gasteiger partial charge in [-0.25, -0.2) is 4.39 Å². The minimum Gasteiger partial charge on any atom is -0.350 e. The molecule has 2 aromatic carbocycles. The quantitative estimate of drug-likeness (QED) is 0.775. The fraction of sp³-hybridized carbons (Fsp3) is 0.478. The van der Waals surface area contributed by atoms with Crippen LogP contribution in [0.4, 0.5) is 4.39 Å². The van der Waals surface area contributed by atoms with Gasteiger partial charge in [-0.1, -0.05) is 29.4 Å². The maximum atomic E-state index is 13.9. The van der Waals surface area contributed by atoms with Crippen LogP contribution in [0.25, 0.3) is 0 Å². The van der Waals surface area contributed by atoms with E-state index in [9.17, 15) is 4.39 Å². The third-order valence-electron chi connectivity index (χ3n) is 6.36. The largest absolute Gasteiger partial charge is 0.350 e. The lowest BCUT2D eigenvalue weighted by atomic mass is 9.96. The molecule has 3 heterocycles. The molecule has 160 valence electrons. The van der Waals surface area contributed by atoms with Crippen LogP contribution in [0.5, 0.6) is 0 Å². The molecule has 0 radical (unpaired) electrons. The predicted molar refractivity (Wildman–Crippen MR) is 116 cm³/mol. The average molecular weight is 450 g/mol. The Bertz CT molecular complexity index is 901. The fourth-order valence-corrected chi connectivity index (χ4v) is 6.05. The molecule has 7 heteroatoms. The lowest BCUT2D eigenvalue weighted by Crippen LogP contribution is -3.14. The van der Waals surface area contributed by atoms with E-state index < -0.39 is 0 Å². The molecule has 0 bridgehead atoms. The number of nitrogens with one attached hydrogen (secondary N) is 1. The van der Waals surface area contributed by atoms with Crippen LogP contribution in [0, 0.1) is 5.82 Å². The Labute approximate surface area is 186 Å². The summed E-state index contributed by atoms with van der Waals surface area (Å²) in [4.78, 5) is 6.39. The summed E-state index contributed by atoms with van der Waals surface area (Å²) in [5.74, 6) is -0.178. The Morgan fingerprint density at radius 1 is 1.07 bits per heavy atom. The van der Waals surface area contributed by atoms with E-state index >= 15 is 0 Å². The lowest BCUT2D eigenvalue weighted by molar-refractivity contribution is -0.905. The Kier molecular flexibility index (Phi) is 6.32. The van der Waals surface area contributed by atoms with E-state index in [0.29, 0.717) is 0 Å². The number of hydrogen-bond donors (Lipinski definition) is 1. The van der Waals surface area contributed by atoms with Crippen molar-refractivity contribution in [3.63, 3.8) is 0 Å². The molecule has 2 aromatic rings. The van der Waals surface area contributed by atoms with Crippen molar-refractivity contribution in [1.82, 2.24) is 4.90 Å². The van der Waals surface area contributed by atoms with Crippen LogP contribution in [0.15, 0.2) is 46.2 Å². The SMILES string of the molecule is Fc1ccc2c(c1)Sc1ccc(Cl)cc1C(N1CC[NH+](CCC3OCCO3)CC1)C2. The molecule has 3 aliphatic heterocycles. The molecule has 2 saturated heterocycles. The molecular formula is C23H27ClFN2O2S+. The molecule has 3 aliphatic rings. The maximum Gasteiger partial charge on any atom is 0.163 e. The number of fused-ring (bicyclic) bond motifs is 2. The predicted octanol–water partition coefficient (Wildman–Crippen LogP) is 3.19. The molecule has 0 spiro atoms. The first kappa shape index (κ1) is 20.7. The van der Waals surface area contributed by atoms with Crippen molar-refractivity contribution in [3.05, 3.63) is 58.4 Å². The van der Waals surface area contributed by atoms with Crippen LogP contribution in [-0.4, -0.2) is 57.1 Å². The van der Waals surface area contributed by atoms with Crippen molar-refractivity contribution in [2.24, 2.45) is 0 Å². The van der Waals surface area contributed by atoms with Gasteiger partial charge < -0.3 is 14.4 Å². The van der Waals surface area contributed by atoms with E-state index in [0.717, 1.165) is 68.7 Å². The van der Waals surface area contributed by atoms with Gasteiger partial charge in [0.1, 0.15) is 5.82 Å². The molecule has 0 aromatic heterocycles. The highest BCUT2D eigenvalue weighted by Gasteiger charge is 2.32. The average Bonchev–Trinajstić information content (AvgIpc) is 3.22. The smallest absolute Gasteiger partial charge is 0.163 e. The van der Waals surface area contributed by atoms with Crippen molar-refractivity contribution < 1.29 is 18.8 Å². The van der Waals surface area contributed by atoms with Crippen LogP contribution in [0.3, 0.4) is 0 Å². The molecule has 0 amide bonds. The number of halogens is 2. The second-order valence-electron chi connectivity index (χ2n) is 8.25. The van der Waals surface area contributed by atoms with Crippen LogP contribution in [0.2, 0.25) is 5.02 Å². The summed E-state index contributed by atoms with van der Waals surface area (Å²) in [7, 11) is 0. The molecule has 30 heavy (non-hydrogen) atoms. The van der Waals surface area contributed by atoms with Gasteiger partial charge in [-0.05, 0) is 47.9 Å². The number of quaternary nitrogens is 1. The Hall–Kier alpha value is -1.15. The number of benzene rings is 2. The molecule has 0 saturated carbocycles. The zero-order chi connectivity index (χ0) is 20.5. The monoisotopic (exact) mass is 449 g/mol. The van der Waals surface area contributed by atoms with Crippen LogP contribution in [0.1, 0.15) is 23.6 Å². The van der Waals surface area contributed by atoms with E-state index in [4.69, 9.17) is 21.1 Å². The number of ether oxygens (including phenoxy) is 2. The maximum absolute atomic E-state index is 13.9. The Morgan fingerprint density at radius 3 is 2.67 bits per heavy atom. The van der Waals surface area contributed by atoms with Gasteiger partial charge in [-0.3, -0.25) is 4.90 Å². The van der Waals surface area contributed by atoms with Gasteiger partial charge in [0.25, 0.3) is 0 Å². The second kappa shape index (κ2) is 9.15. The first-order valence-corrected chi connectivity index (χ1v) is 11.9. The van der Waals surface area contributed by atoms with Gasteiger partial charge in [-0.2, -0.15) is 0 Å². The highest BCUT2D eigenvalue weighted by molar-refractivity contribution is 7.99. The molecular weight excluding hydrogens is 423 g/mol. The summed E-state index contributed by atoms with van der Waals surface area (Å²) in [5, 5.41) is 0.761. The van der Waals surface area contributed by atoms with Gasteiger partial charge >= 0.3 is 0 Å². The minimum absolute atomic E-state index is 0.0136. The summed E-state index contributed by atoms with van der Waals surface area (Å²) < 4.78 is 25.0. The van der Waals surface area contributed by atoms with E-state index in [1.165, 1.54) is 16.0 Å². The number of hydrogen-bond acceptors (Lipinski definition) is 4. The molecule has 1 atom stereocenters. The first-order valence-electron chi connectivity index (χ1n) is 10.7. The zero-order valence-corrected chi connectivity index (χ0v) is 18.5. The van der Waals surface area contributed by atoms with Crippen molar-refractivity contribution >= 4 is 23.4 Å². The Balaban J connectivity index is 1.32. The van der Waals surface area contributed by atoms with Gasteiger partial charge in [-0.15, -0.1) is 0 Å². The van der Waals surface area contributed by atoms with Crippen LogP contribution < -0.4 is 4.90 Å². The van der Waals surface area contributed by atoms with Crippen LogP contribution in [-0.2, 0) is 15.9 Å². The fourth-order valence-electron chi connectivity index (χ4n) is 4.73. The zero-order valence-electron chi connectivity index (χ0n) is 16.9. The second-order valence-corrected chi connectivity index (χ2v) is 9.77. The molecule has 1 unspecified atom stereocenters. The Morgan fingerprint density at radius 2 is 1.87 bits per heavy atom. The third-order valence-corrected chi connectivity index (χ3v) is 7.79. The number of rotatable bonds is 4. The number of piperazine rings is 1. The van der Waals surface area contributed by atoms with Gasteiger partial charge in [0.05, 0.1) is 32.8 Å². The van der Waals surface area contributed by atoms with Crippen molar-refractivity contribution in [3.8, 4) is 0 Å². The lowest BCUT2D eigenvalue weighted by Gasteiger charge is -2.38. The summed E-state index contributed by atoms with van der Waals surface area (Å²) >= 11 is 8.04. The minimum atomic E-state index is -0.178. The van der Waals surface area contributed by atoms with Crippen molar-refractivity contribution in [2.45, 2.75) is 35.0 Å². The van der Waals surface area contributed by atoms with E-state index in [1.807, 2.05) is 12.1 Å². The molecule has 1 N–H and O–H groups in total. The van der Waals surface area contributed by atoms with E-state index in [1.54, 1.807) is 28.8 Å². The molecule has 0 aliphatic carbocycles. The summed E-state index contributed by atoms with van der Waals surface area (Å²) in [5.41, 5.74) is 2.48.